The van der Waals surface area contributed by atoms with Crippen LogP contribution in [0.3, 0.4) is 0 Å². The first-order valence-electron chi connectivity index (χ1n) is 6.44. The first-order valence-corrected chi connectivity index (χ1v) is 6.82. The van der Waals surface area contributed by atoms with Crippen molar-refractivity contribution in [1.29, 1.82) is 0 Å². The predicted octanol–water partition coefficient (Wildman–Crippen LogP) is 3.25. The number of aromatic carboxylic acids is 1. The minimum Gasteiger partial charge on any atom is -0.494 e. The summed E-state index contributed by atoms with van der Waals surface area (Å²) in [5.74, 6) is -0.807. The molecule has 1 N–H and O–H groups in total. The average molecular weight is 310 g/mol. The fraction of sp³-hybridized carbons (Fsp3) is 0.333. The van der Waals surface area contributed by atoms with Gasteiger partial charge in [-0.05, 0) is 26.3 Å². The van der Waals surface area contributed by atoms with Gasteiger partial charge in [-0.25, -0.2) is 4.79 Å². The molecule has 0 aliphatic carbocycles. The summed E-state index contributed by atoms with van der Waals surface area (Å²) in [5.41, 5.74) is 0.288. The Kier molecular flexibility index (Phi) is 3.96. The second kappa shape index (κ2) is 5.41. The van der Waals surface area contributed by atoms with Gasteiger partial charge in [0.2, 0.25) is 5.43 Å². The zero-order valence-electron chi connectivity index (χ0n) is 12.2. The van der Waals surface area contributed by atoms with E-state index in [2.05, 4.69) is 0 Å². The Hall–Kier alpha value is -2.01. The summed E-state index contributed by atoms with van der Waals surface area (Å²) < 4.78 is 7.04. The molecule has 0 saturated carbocycles. The van der Waals surface area contributed by atoms with Crippen LogP contribution in [0.2, 0.25) is 5.02 Å². The highest BCUT2D eigenvalue weighted by atomic mass is 35.5. The van der Waals surface area contributed by atoms with Gasteiger partial charge in [0, 0.05) is 23.3 Å². The van der Waals surface area contributed by atoms with Crippen LogP contribution in [0.5, 0.6) is 5.75 Å². The number of rotatable bonds is 3. The van der Waals surface area contributed by atoms with Gasteiger partial charge in [0.1, 0.15) is 11.3 Å². The molecule has 0 unspecified atom stereocenters. The van der Waals surface area contributed by atoms with Gasteiger partial charge in [0.05, 0.1) is 18.0 Å². The first kappa shape index (κ1) is 15.4. The maximum absolute atomic E-state index is 12.5. The van der Waals surface area contributed by atoms with Crippen LogP contribution in [0.1, 0.15) is 35.8 Å². The van der Waals surface area contributed by atoms with Gasteiger partial charge in [-0.3, -0.25) is 4.79 Å². The molecule has 0 saturated heterocycles. The molecular formula is C15H16ClNO4. The van der Waals surface area contributed by atoms with Gasteiger partial charge >= 0.3 is 5.97 Å². The second-order valence-electron chi connectivity index (χ2n) is 5.09. The van der Waals surface area contributed by atoms with Crippen LogP contribution in [-0.2, 0) is 0 Å². The number of carbonyl (C=O) groups is 1. The van der Waals surface area contributed by atoms with Crippen molar-refractivity contribution in [2.24, 2.45) is 0 Å². The average Bonchev–Trinajstić information content (AvgIpc) is 2.41. The molecule has 0 aliphatic heterocycles. The predicted molar refractivity (Wildman–Crippen MR) is 81.9 cm³/mol. The second-order valence-corrected chi connectivity index (χ2v) is 5.49. The minimum absolute atomic E-state index is 0.0410. The molecule has 0 radical (unpaired) electrons. The first-order chi connectivity index (χ1) is 9.79. The largest absolute Gasteiger partial charge is 0.494 e. The van der Waals surface area contributed by atoms with E-state index in [1.54, 1.807) is 17.6 Å². The third kappa shape index (κ3) is 2.38. The minimum atomic E-state index is -1.25. The zero-order chi connectivity index (χ0) is 15.9. The number of carboxylic acids is 1. The van der Waals surface area contributed by atoms with E-state index >= 15 is 0 Å². The Morgan fingerprint density at radius 1 is 1.43 bits per heavy atom. The SMILES string of the molecule is COc1cc(Cl)c(C)c2c(=O)c(C(=O)O)cn(C(C)C)c12. The van der Waals surface area contributed by atoms with Crippen molar-refractivity contribution in [1.82, 2.24) is 4.57 Å². The van der Waals surface area contributed by atoms with Gasteiger partial charge in [-0.1, -0.05) is 11.6 Å². The van der Waals surface area contributed by atoms with Crippen molar-refractivity contribution in [3.8, 4) is 5.75 Å². The number of hydrogen-bond acceptors (Lipinski definition) is 3. The van der Waals surface area contributed by atoms with Crippen LogP contribution in [0, 0.1) is 6.92 Å². The van der Waals surface area contributed by atoms with Gasteiger partial charge < -0.3 is 14.4 Å². The van der Waals surface area contributed by atoms with Crippen molar-refractivity contribution >= 4 is 28.5 Å². The number of ether oxygens (including phenoxy) is 1. The molecule has 1 heterocycles. The summed E-state index contributed by atoms with van der Waals surface area (Å²) in [7, 11) is 1.49. The van der Waals surface area contributed by atoms with E-state index < -0.39 is 11.4 Å². The van der Waals surface area contributed by atoms with E-state index in [9.17, 15) is 14.7 Å². The van der Waals surface area contributed by atoms with Gasteiger partial charge in [0.25, 0.3) is 0 Å². The molecule has 0 bridgehead atoms. The monoisotopic (exact) mass is 309 g/mol. The lowest BCUT2D eigenvalue weighted by Crippen LogP contribution is -2.21. The molecular weight excluding hydrogens is 294 g/mol. The van der Waals surface area contributed by atoms with Gasteiger partial charge in [0.15, 0.2) is 0 Å². The molecule has 5 nitrogen and oxygen atoms in total. The van der Waals surface area contributed by atoms with Crippen LogP contribution < -0.4 is 10.2 Å². The van der Waals surface area contributed by atoms with Crippen LogP contribution in [-0.4, -0.2) is 22.8 Å². The number of aromatic nitrogens is 1. The van der Waals surface area contributed by atoms with E-state index in [1.165, 1.54) is 13.3 Å². The van der Waals surface area contributed by atoms with Crippen molar-refractivity contribution in [2.75, 3.05) is 7.11 Å². The number of carboxylic acid groups (broad SMARTS) is 1. The smallest absolute Gasteiger partial charge is 0.341 e. The zero-order valence-corrected chi connectivity index (χ0v) is 13.0. The number of methoxy groups -OCH3 is 1. The van der Waals surface area contributed by atoms with E-state index in [0.717, 1.165) is 0 Å². The third-order valence-electron chi connectivity index (χ3n) is 3.47. The topological polar surface area (TPSA) is 68.5 Å². The number of halogens is 1. The van der Waals surface area contributed by atoms with Crippen molar-refractivity contribution in [3.63, 3.8) is 0 Å². The molecule has 1 aromatic carbocycles. The highest BCUT2D eigenvalue weighted by Crippen LogP contribution is 2.33. The lowest BCUT2D eigenvalue weighted by atomic mass is 10.0. The summed E-state index contributed by atoms with van der Waals surface area (Å²) >= 11 is 6.13. The Morgan fingerprint density at radius 2 is 2.05 bits per heavy atom. The molecule has 6 heteroatoms. The standard InChI is InChI=1S/C15H16ClNO4/c1-7(2)17-6-9(15(19)20)14(18)12-8(3)10(16)5-11(21-4)13(12)17/h5-7H,1-4H3,(H,19,20). The third-order valence-corrected chi connectivity index (χ3v) is 3.86. The number of benzene rings is 1. The summed E-state index contributed by atoms with van der Waals surface area (Å²) in [6, 6.07) is 1.60. The number of nitrogens with zero attached hydrogens (tertiary/aromatic N) is 1. The molecule has 0 amide bonds. The molecule has 21 heavy (non-hydrogen) atoms. The van der Waals surface area contributed by atoms with E-state index in [4.69, 9.17) is 16.3 Å². The quantitative estimate of drug-likeness (QED) is 0.945. The highest BCUT2D eigenvalue weighted by Gasteiger charge is 2.21. The van der Waals surface area contributed by atoms with E-state index in [1.807, 2.05) is 13.8 Å². The number of hydrogen-bond donors (Lipinski definition) is 1. The fourth-order valence-corrected chi connectivity index (χ4v) is 2.55. The van der Waals surface area contributed by atoms with E-state index in [-0.39, 0.29) is 17.0 Å². The Labute approximate surface area is 126 Å². The van der Waals surface area contributed by atoms with Crippen LogP contribution >= 0.6 is 11.6 Å². The van der Waals surface area contributed by atoms with Crippen LogP contribution in [0.4, 0.5) is 0 Å². The summed E-state index contributed by atoms with van der Waals surface area (Å²) in [6.07, 6.45) is 1.35. The molecule has 2 aromatic rings. The van der Waals surface area contributed by atoms with E-state index in [0.29, 0.717) is 21.9 Å². The maximum Gasteiger partial charge on any atom is 0.341 e. The highest BCUT2D eigenvalue weighted by molar-refractivity contribution is 6.32. The molecule has 0 spiro atoms. The maximum atomic E-state index is 12.5. The Bertz CT molecular complexity index is 793. The van der Waals surface area contributed by atoms with Crippen molar-refractivity contribution < 1.29 is 14.6 Å². The van der Waals surface area contributed by atoms with Crippen LogP contribution in [0.25, 0.3) is 10.9 Å². The fourth-order valence-electron chi connectivity index (χ4n) is 2.36. The molecule has 2 rings (SSSR count). The van der Waals surface area contributed by atoms with Crippen molar-refractivity contribution in [3.05, 3.63) is 38.6 Å². The summed E-state index contributed by atoms with van der Waals surface area (Å²) in [6.45, 7) is 5.50. The number of pyridine rings is 1. The molecule has 0 aliphatic rings. The number of fused-ring (bicyclic) bond motifs is 1. The summed E-state index contributed by atoms with van der Waals surface area (Å²) in [4.78, 5) is 23.8. The van der Waals surface area contributed by atoms with Gasteiger partial charge in [-0.2, -0.15) is 0 Å². The molecule has 1 aromatic heterocycles. The Balaban J connectivity index is 3.15. The lowest BCUT2D eigenvalue weighted by molar-refractivity contribution is 0.0694. The lowest BCUT2D eigenvalue weighted by Gasteiger charge is -2.19. The normalized spacial score (nSPS) is 11.1. The molecule has 0 fully saturated rings. The summed E-state index contributed by atoms with van der Waals surface area (Å²) in [5, 5.41) is 9.90. The van der Waals surface area contributed by atoms with Crippen LogP contribution in [0.15, 0.2) is 17.1 Å². The Morgan fingerprint density at radius 3 is 2.52 bits per heavy atom. The molecule has 0 atom stereocenters. The van der Waals surface area contributed by atoms with Crippen molar-refractivity contribution in [2.45, 2.75) is 26.8 Å². The molecule has 112 valence electrons. The van der Waals surface area contributed by atoms with Gasteiger partial charge in [-0.15, -0.1) is 0 Å². The number of aryl methyl sites for hydroxylation is 1.